The predicted molar refractivity (Wildman–Crippen MR) is 84.0 cm³/mol. The van der Waals surface area contributed by atoms with Crippen molar-refractivity contribution in [2.45, 2.75) is 20.4 Å². The van der Waals surface area contributed by atoms with Gasteiger partial charge in [0, 0.05) is 51.0 Å². The third-order valence-electron chi connectivity index (χ3n) is 3.72. The number of anilines is 1. The molecule has 2 N–H and O–H groups in total. The Morgan fingerprint density at radius 3 is 2.35 bits per heavy atom. The van der Waals surface area contributed by atoms with Crippen LogP contribution in [0.3, 0.4) is 0 Å². The molecule has 1 aromatic rings. The van der Waals surface area contributed by atoms with Gasteiger partial charge in [-0.2, -0.15) is 0 Å². The normalized spacial score (nSPS) is 17.6. The molecule has 0 spiro atoms. The molecule has 0 unspecified atom stereocenters. The number of ether oxygens (including phenoxy) is 1. The van der Waals surface area contributed by atoms with Crippen LogP contribution in [0.25, 0.3) is 0 Å². The van der Waals surface area contributed by atoms with Gasteiger partial charge in [0.2, 0.25) is 0 Å². The van der Waals surface area contributed by atoms with E-state index in [2.05, 4.69) is 29.7 Å². The van der Waals surface area contributed by atoms with Crippen molar-refractivity contribution in [2.75, 3.05) is 45.6 Å². The maximum absolute atomic E-state index is 5.91. The average molecular weight is 277 g/mol. The van der Waals surface area contributed by atoms with Gasteiger partial charge in [0.15, 0.2) is 0 Å². The van der Waals surface area contributed by atoms with E-state index in [0.29, 0.717) is 0 Å². The lowest BCUT2D eigenvalue weighted by Gasteiger charge is -2.35. The molecular formula is C16H27N3O. The van der Waals surface area contributed by atoms with Gasteiger partial charge in [0.1, 0.15) is 5.75 Å². The van der Waals surface area contributed by atoms with Crippen LogP contribution in [0.2, 0.25) is 0 Å². The number of rotatable bonds is 5. The standard InChI is InChI=1S/C16H27N3O/c1-13(2)11-18-4-6-19(7-5-18)12-14-8-15(17)10-16(9-14)20-3/h8-10,13H,4-7,11-12,17H2,1-3H3. The highest BCUT2D eigenvalue weighted by atomic mass is 16.5. The van der Waals surface area contributed by atoms with Gasteiger partial charge < -0.3 is 15.4 Å². The summed E-state index contributed by atoms with van der Waals surface area (Å²) in [5.74, 6) is 1.60. The van der Waals surface area contributed by atoms with Gasteiger partial charge in [-0.05, 0) is 23.6 Å². The van der Waals surface area contributed by atoms with E-state index in [1.807, 2.05) is 12.1 Å². The van der Waals surface area contributed by atoms with Gasteiger partial charge in [-0.25, -0.2) is 0 Å². The molecule has 0 aromatic heterocycles. The smallest absolute Gasteiger partial charge is 0.121 e. The van der Waals surface area contributed by atoms with E-state index < -0.39 is 0 Å². The van der Waals surface area contributed by atoms with Crippen molar-refractivity contribution in [3.8, 4) is 5.75 Å². The summed E-state index contributed by atoms with van der Waals surface area (Å²) in [7, 11) is 1.68. The maximum Gasteiger partial charge on any atom is 0.121 e. The van der Waals surface area contributed by atoms with Crippen molar-refractivity contribution in [2.24, 2.45) is 5.92 Å². The number of nitrogens with zero attached hydrogens (tertiary/aromatic N) is 2. The van der Waals surface area contributed by atoms with Crippen molar-refractivity contribution >= 4 is 5.69 Å². The number of nitrogens with two attached hydrogens (primary N) is 1. The molecule has 0 bridgehead atoms. The SMILES string of the molecule is COc1cc(N)cc(CN2CCN(CC(C)C)CC2)c1. The van der Waals surface area contributed by atoms with Gasteiger partial charge in [0.25, 0.3) is 0 Å². The molecular weight excluding hydrogens is 250 g/mol. The van der Waals surface area contributed by atoms with Crippen LogP contribution in [0, 0.1) is 5.92 Å². The Balaban J connectivity index is 1.87. The van der Waals surface area contributed by atoms with E-state index in [1.165, 1.54) is 12.1 Å². The molecule has 1 aliphatic heterocycles. The van der Waals surface area contributed by atoms with E-state index in [4.69, 9.17) is 10.5 Å². The van der Waals surface area contributed by atoms with E-state index >= 15 is 0 Å². The van der Waals surface area contributed by atoms with E-state index in [-0.39, 0.29) is 0 Å². The zero-order chi connectivity index (χ0) is 14.5. The Kier molecular flexibility index (Phi) is 5.26. The minimum absolute atomic E-state index is 0.750. The topological polar surface area (TPSA) is 41.7 Å². The van der Waals surface area contributed by atoms with Gasteiger partial charge in [-0.15, -0.1) is 0 Å². The maximum atomic E-state index is 5.91. The number of hydrogen-bond acceptors (Lipinski definition) is 4. The molecule has 1 fully saturated rings. The summed E-state index contributed by atoms with van der Waals surface area (Å²) in [5, 5.41) is 0. The van der Waals surface area contributed by atoms with E-state index in [1.54, 1.807) is 7.11 Å². The highest BCUT2D eigenvalue weighted by molar-refractivity contribution is 5.47. The molecule has 112 valence electrons. The number of benzene rings is 1. The van der Waals surface area contributed by atoms with E-state index in [9.17, 15) is 0 Å². The molecule has 2 rings (SSSR count). The lowest BCUT2D eigenvalue weighted by Crippen LogP contribution is -2.46. The van der Waals surface area contributed by atoms with Gasteiger partial charge in [-0.3, -0.25) is 4.90 Å². The third kappa shape index (κ3) is 4.39. The summed E-state index contributed by atoms with van der Waals surface area (Å²) in [6.07, 6.45) is 0. The zero-order valence-electron chi connectivity index (χ0n) is 12.9. The molecule has 1 saturated heterocycles. The fourth-order valence-corrected chi connectivity index (χ4v) is 2.80. The van der Waals surface area contributed by atoms with Crippen molar-refractivity contribution < 1.29 is 4.74 Å². The molecule has 4 heteroatoms. The van der Waals surface area contributed by atoms with Crippen LogP contribution in [0.1, 0.15) is 19.4 Å². The lowest BCUT2D eigenvalue weighted by molar-refractivity contribution is 0.117. The van der Waals surface area contributed by atoms with Gasteiger partial charge in [0.05, 0.1) is 7.11 Å². The van der Waals surface area contributed by atoms with Crippen LogP contribution >= 0.6 is 0 Å². The summed E-state index contributed by atoms with van der Waals surface area (Å²) in [5.41, 5.74) is 7.92. The molecule has 1 heterocycles. The van der Waals surface area contributed by atoms with Gasteiger partial charge >= 0.3 is 0 Å². The Morgan fingerprint density at radius 1 is 1.10 bits per heavy atom. The molecule has 0 amide bonds. The summed E-state index contributed by atoms with van der Waals surface area (Å²) >= 11 is 0. The van der Waals surface area contributed by atoms with Crippen molar-refractivity contribution in [1.82, 2.24) is 9.80 Å². The van der Waals surface area contributed by atoms with Crippen LogP contribution in [-0.4, -0.2) is 49.6 Å². The Bertz CT molecular complexity index is 426. The second kappa shape index (κ2) is 6.95. The summed E-state index contributed by atoms with van der Waals surface area (Å²) < 4.78 is 5.28. The lowest BCUT2D eigenvalue weighted by atomic mass is 10.1. The number of piperazine rings is 1. The Labute approximate surface area is 122 Å². The molecule has 1 aromatic carbocycles. The minimum Gasteiger partial charge on any atom is -0.497 e. The molecule has 0 aliphatic carbocycles. The van der Waals surface area contributed by atoms with Crippen LogP contribution in [0.5, 0.6) is 5.75 Å². The second-order valence-electron chi connectivity index (χ2n) is 6.09. The molecule has 0 atom stereocenters. The highest BCUT2D eigenvalue weighted by Crippen LogP contribution is 2.20. The largest absolute Gasteiger partial charge is 0.497 e. The molecule has 4 nitrogen and oxygen atoms in total. The average Bonchev–Trinajstić information content (AvgIpc) is 2.39. The first-order valence-corrected chi connectivity index (χ1v) is 7.45. The van der Waals surface area contributed by atoms with Crippen LogP contribution in [0.4, 0.5) is 5.69 Å². The highest BCUT2D eigenvalue weighted by Gasteiger charge is 2.17. The van der Waals surface area contributed by atoms with Crippen LogP contribution < -0.4 is 10.5 Å². The van der Waals surface area contributed by atoms with Crippen molar-refractivity contribution in [3.63, 3.8) is 0 Å². The Hall–Kier alpha value is -1.26. The predicted octanol–water partition coefficient (Wildman–Crippen LogP) is 2.05. The number of hydrogen-bond donors (Lipinski definition) is 1. The summed E-state index contributed by atoms with van der Waals surface area (Å²) in [6, 6.07) is 5.99. The quantitative estimate of drug-likeness (QED) is 0.837. The van der Waals surface area contributed by atoms with Crippen molar-refractivity contribution in [1.29, 1.82) is 0 Å². The first kappa shape index (κ1) is 15.1. The minimum atomic E-state index is 0.750. The number of nitrogen functional groups attached to an aromatic ring is 1. The molecule has 1 aliphatic rings. The second-order valence-corrected chi connectivity index (χ2v) is 6.09. The van der Waals surface area contributed by atoms with Crippen molar-refractivity contribution in [3.05, 3.63) is 23.8 Å². The fourth-order valence-electron chi connectivity index (χ4n) is 2.80. The van der Waals surface area contributed by atoms with Crippen LogP contribution in [-0.2, 0) is 6.54 Å². The number of methoxy groups -OCH3 is 1. The van der Waals surface area contributed by atoms with Crippen LogP contribution in [0.15, 0.2) is 18.2 Å². The molecule has 0 radical (unpaired) electrons. The molecule has 20 heavy (non-hydrogen) atoms. The third-order valence-corrected chi connectivity index (χ3v) is 3.72. The summed E-state index contributed by atoms with van der Waals surface area (Å²) in [4.78, 5) is 5.05. The summed E-state index contributed by atoms with van der Waals surface area (Å²) in [6.45, 7) is 11.3. The fraction of sp³-hybridized carbons (Fsp3) is 0.625. The first-order chi connectivity index (χ1) is 9.56. The van der Waals surface area contributed by atoms with E-state index in [0.717, 1.165) is 50.1 Å². The first-order valence-electron chi connectivity index (χ1n) is 7.45. The van der Waals surface area contributed by atoms with Gasteiger partial charge in [-0.1, -0.05) is 13.8 Å². The molecule has 0 saturated carbocycles. The zero-order valence-corrected chi connectivity index (χ0v) is 12.9. The Morgan fingerprint density at radius 2 is 1.75 bits per heavy atom. The monoisotopic (exact) mass is 277 g/mol.